The summed E-state index contributed by atoms with van der Waals surface area (Å²) in [5.74, 6) is -1.92. The monoisotopic (exact) mass is 537 g/mol. The molecule has 12 nitrogen and oxygen atoms in total. The number of nitrogens with one attached hydrogen (secondary N) is 3. The Kier molecular flexibility index (Phi) is 10.4. The minimum Gasteiger partial charge on any atom is -0.507 e. The van der Waals surface area contributed by atoms with E-state index in [9.17, 15) is 28.2 Å². The van der Waals surface area contributed by atoms with Crippen LogP contribution in [-0.4, -0.2) is 66.2 Å². The summed E-state index contributed by atoms with van der Waals surface area (Å²) in [5.41, 5.74) is -0.136. The van der Waals surface area contributed by atoms with E-state index in [1.54, 1.807) is 24.5 Å². The van der Waals surface area contributed by atoms with Gasteiger partial charge in [0.2, 0.25) is 16.0 Å². The SMILES string of the molecule is Cl.O=C(NCC(NS(=O)(=O)c1ccccc1)C(=O)O)c1ccc(OCCNc2ncccn2)cc1O. The summed E-state index contributed by atoms with van der Waals surface area (Å²) in [6, 6.07) is 11.3. The smallest absolute Gasteiger partial charge is 0.323 e. The van der Waals surface area contributed by atoms with E-state index in [0.29, 0.717) is 18.2 Å². The van der Waals surface area contributed by atoms with Gasteiger partial charge in [-0.05, 0) is 30.3 Å². The standard InChI is InChI=1S/C22H23N5O7S.ClH/c28-19-13-15(34-12-11-25-22-23-9-4-10-24-22)7-8-17(19)20(29)26-14-18(21(30)31)27-35(32,33)16-5-2-1-3-6-16;/h1-10,13,18,27-28H,11-12,14H2,(H,26,29)(H,30,31)(H,23,24,25);1H. The van der Waals surface area contributed by atoms with E-state index < -0.39 is 40.2 Å². The van der Waals surface area contributed by atoms with Gasteiger partial charge in [0, 0.05) is 25.0 Å². The Morgan fingerprint density at radius 1 is 1.03 bits per heavy atom. The maximum Gasteiger partial charge on any atom is 0.323 e. The molecule has 14 heteroatoms. The van der Waals surface area contributed by atoms with E-state index in [-0.39, 0.29) is 29.5 Å². The number of phenols is 1. The molecule has 0 radical (unpaired) electrons. The van der Waals surface area contributed by atoms with Gasteiger partial charge in [-0.15, -0.1) is 12.4 Å². The second-order valence-corrected chi connectivity index (χ2v) is 8.78. The van der Waals surface area contributed by atoms with Crippen molar-refractivity contribution in [3.63, 3.8) is 0 Å². The van der Waals surface area contributed by atoms with Crippen molar-refractivity contribution < 1.29 is 33.0 Å². The van der Waals surface area contributed by atoms with Crippen molar-refractivity contribution in [2.45, 2.75) is 10.9 Å². The Bertz CT molecular complexity index is 1260. The first kappa shape index (κ1) is 28.3. The minimum absolute atomic E-state index is 0. The van der Waals surface area contributed by atoms with Crippen LogP contribution in [0.5, 0.6) is 11.5 Å². The number of hydrogen-bond donors (Lipinski definition) is 5. The lowest BCUT2D eigenvalue weighted by Crippen LogP contribution is -2.48. The molecule has 1 amide bonds. The fourth-order valence-electron chi connectivity index (χ4n) is 2.84. The molecule has 0 saturated heterocycles. The predicted molar refractivity (Wildman–Crippen MR) is 132 cm³/mol. The zero-order chi connectivity index (χ0) is 25.3. The average Bonchev–Trinajstić information content (AvgIpc) is 2.85. The van der Waals surface area contributed by atoms with Gasteiger partial charge in [0.05, 0.1) is 17.0 Å². The molecule has 2 aromatic carbocycles. The normalized spacial score (nSPS) is 11.6. The zero-order valence-electron chi connectivity index (χ0n) is 18.7. The molecule has 0 bridgehead atoms. The van der Waals surface area contributed by atoms with E-state index in [1.807, 2.05) is 4.72 Å². The average molecular weight is 538 g/mol. The molecule has 0 fully saturated rings. The number of amides is 1. The van der Waals surface area contributed by atoms with E-state index >= 15 is 0 Å². The van der Waals surface area contributed by atoms with Crippen LogP contribution in [0.4, 0.5) is 5.95 Å². The summed E-state index contributed by atoms with van der Waals surface area (Å²) in [6.07, 6.45) is 3.18. The summed E-state index contributed by atoms with van der Waals surface area (Å²) < 4.78 is 32.3. The Morgan fingerprint density at radius 2 is 1.72 bits per heavy atom. The zero-order valence-corrected chi connectivity index (χ0v) is 20.3. The van der Waals surface area contributed by atoms with E-state index in [4.69, 9.17) is 4.74 Å². The molecular formula is C22H24ClN5O7S. The Balaban J connectivity index is 0.00000456. The number of carbonyl (C=O) groups is 2. The van der Waals surface area contributed by atoms with Crippen molar-refractivity contribution in [2.24, 2.45) is 0 Å². The van der Waals surface area contributed by atoms with Crippen molar-refractivity contribution >= 4 is 40.3 Å². The predicted octanol–water partition coefficient (Wildman–Crippen LogP) is 1.26. The fraction of sp³-hybridized carbons (Fsp3) is 0.182. The van der Waals surface area contributed by atoms with Crippen molar-refractivity contribution in [3.8, 4) is 11.5 Å². The third kappa shape index (κ3) is 8.08. The molecule has 0 aliphatic heterocycles. The van der Waals surface area contributed by atoms with Gasteiger partial charge in [0.15, 0.2) is 0 Å². The van der Waals surface area contributed by atoms with Gasteiger partial charge >= 0.3 is 5.97 Å². The molecule has 3 aromatic rings. The van der Waals surface area contributed by atoms with Crippen LogP contribution in [0.15, 0.2) is 71.9 Å². The largest absolute Gasteiger partial charge is 0.507 e. The molecule has 0 aliphatic rings. The van der Waals surface area contributed by atoms with Crippen LogP contribution in [0.3, 0.4) is 0 Å². The van der Waals surface area contributed by atoms with Gasteiger partial charge < -0.3 is 25.6 Å². The maximum absolute atomic E-state index is 12.5. The third-order valence-corrected chi connectivity index (χ3v) is 6.04. The van der Waals surface area contributed by atoms with Gasteiger partial charge in [0.25, 0.3) is 5.91 Å². The highest BCUT2D eigenvalue weighted by Gasteiger charge is 2.26. The number of halogens is 1. The molecule has 36 heavy (non-hydrogen) atoms. The molecule has 0 aliphatic carbocycles. The Labute approximate surface area is 213 Å². The van der Waals surface area contributed by atoms with Crippen LogP contribution >= 0.6 is 12.4 Å². The van der Waals surface area contributed by atoms with Crippen molar-refractivity contribution in [2.75, 3.05) is 25.0 Å². The lowest BCUT2D eigenvalue weighted by Gasteiger charge is -2.16. The van der Waals surface area contributed by atoms with Crippen molar-refractivity contribution in [1.29, 1.82) is 0 Å². The number of sulfonamides is 1. The van der Waals surface area contributed by atoms with Crippen LogP contribution in [0, 0.1) is 0 Å². The molecule has 0 spiro atoms. The topological polar surface area (TPSA) is 180 Å². The van der Waals surface area contributed by atoms with Gasteiger partial charge in [-0.25, -0.2) is 18.4 Å². The van der Waals surface area contributed by atoms with Gasteiger partial charge in [-0.2, -0.15) is 4.72 Å². The highest BCUT2D eigenvalue weighted by atomic mass is 35.5. The van der Waals surface area contributed by atoms with Crippen LogP contribution in [0.2, 0.25) is 0 Å². The van der Waals surface area contributed by atoms with Crippen LogP contribution in [0.1, 0.15) is 10.4 Å². The summed E-state index contributed by atoms with van der Waals surface area (Å²) in [5, 5.41) is 24.8. The Morgan fingerprint density at radius 3 is 2.36 bits per heavy atom. The first-order chi connectivity index (χ1) is 16.8. The maximum atomic E-state index is 12.5. The number of carbonyl (C=O) groups excluding carboxylic acids is 1. The van der Waals surface area contributed by atoms with Gasteiger partial charge in [-0.1, -0.05) is 18.2 Å². The molecule has 1 atom stereocenters. The van der Waals surface area contributed by atoms with Crippen molar-refractivity contribution in [3.05, 3.63) is 72.6 Å². The number of hydrogen-bond acceptors (Lipinski definition) is 9. The van der Waals surface area contributed by atoms with Gasteiger partial charge in [0.1, 0.15) is 24.1 Å². The molecule has 1 aromatic heterocycles. The number of carboxylic acids is 1. The number of aromatic nitrogens is 2. The second-order valence-electron chi connectivity index (χ2n) is 7.06. The number of carboxylic acid groups (broad SMARTS) is 1. The van der Waals surface area contributed by atoms with Crippen LogP contribution in [0.25, 0.3) is 0 Å². The van der Waals surface area contributed by atoms with Crippen LogP contribution < -0.4 is 20.1 Å². The summed E-state index contributed by atoms with van der Waals surface area (Å²) in [4.78, 5) is 31.9. The quantitative estimate of drug-likeness (QED) is 0.211. The summed E-state index contributed by atoms with van der Waals surface area (Å²) >= 11 is 0. The molecule has 1 unspecified atom stereocenters. The summed E-state index contributed by atoms with van der Waals surface area (Å²) in [7, 11) is -4.12. The van der Waals surface area contributed by atoms with E-state index in [0.717, 1.165) is 0 Å². The highest BCUT2D eigenvalue weighted by Crippen LogP contribution is 2.23. The number of aliphatic carboxylic acids is 1. The number of ether oxygens (including phenoxy) is 1. The molecule has 192 valence electrons. The summed E-state index contributed by atoms with van der Waals surface area (Å²) in [6.45, 7) is 0.0682. The first-order valence-corrected chi connectivity index (χ1v) is 11.8. The number of nitrogens with zero attached hydrogens (tertiary/aromatic N) is 2. The number of anilines is 1. The van der Waals surface area contributed by atoms with E-state index in [1.165, 1.54) is 42.5 Å². The lowest BCUT2D eigenvalue weighted by molar-refractivity contribution is -0.138. The van der Waals surface area contributed by atoms with Crippen molar-refractivity contribution in [1.82, 2.24) is 20.0 Å². The Hall–Kier alpha value is -3.94. The van der Waals surface area contributed by atoms with E-state index in [2.05, 4.69) is 20.6 Å². The highest BCUT2D eigenvalue weighted by molar-refractivity contribution is 7.89. The number of benzene rings is 2. The fourth-order valence-corrected chi connectivity index (χ4v) is 4.05. The molecular weight excluding hydrogens is 514 g/mol. The third-order valence-electron chi connectivity index (χ3n) is 4.55. The van der Waals surface area contributed by atoms with Gasteiger partial charge in [-0.3, -0.25) is 9.59 Å². The first-order valence-electron chi connectivity index (χ1n) is 10.3. The molecule has 3 rings (SSSR count). The number of phenolic OH excluding ortho intramolecular Hbond substituents is 1. The lowest BCUT2D eigenvalue weighted by atomic mass is 10.1. The molecule has 1 heterocycles. The minimum atomic E-state index is -4.12. The number of aromatic hydroxyl groups is 1. The second kappa shape index (κ2) is 13.2. The van der Waals surface area contributed by atoms with Crippen LogP contribution in [-0.2, 0) is 14.8 Å². The molecule has 0 saturated carbocycles. The molecule has 5 N–H and O–H groups in total. The number of rotatable bonds is 12.